The Morgan fingerprint density at radius 3 is 2.04 bits per heavy atom. The van der Waals surface area contributed by atoms with Crippen LogP contribution >= 0.6 is 23.4 Å². The number of amides is 3. The number of hydrogen-bond acceptors (Lipinski definition) is 14. The number of Topliss-reactive ketones (excluding diaryl/α,β-unsaturated/α-hetero) is 2. The summed E-state index contributed by atoms with van der Waals surface area (Å²) in [5.74, 6) is -4.38. The maximum absolute atomic E-state index is 14.3. The van der Waals surface area contributed by atoms with Gasteiger partial charge in [-0.05, 0) is 85.5 Å². The summed E-state index contributed by atoms with van der Waals surface area (Å²) in [4.78, 5) is 83.8. The van der Waals surface area contributed by atoms with Gasteiger partial charge in [-0.25, -0.2) is 9.69 Å². The maximum atomic E-state index is 14.3. The minimum atomic E-state index is -2.09. The Morgan fingerprint density at radius 1 is 0.881 bits per heavy atom. The van der Waals surface area contributed by atoms with Crippen molar-refractivity contribution in [2.45, 2.75) is 68.8 Å². The summed E-state index contributed by atoms with van der Waals surface area (Å²) in [5.41, 5.74) is 0.894. The fraction of sp³-hybridized carbons (Fsp3) is 0.375. The average Bonchev–Trinajstić information content (AvgIpc) is 3.58. The van der Waals surface area contributed by atoms with Gasteiger partial charge in [-0.3, -0.25) is 28.2 Å². The number of ketones is 2. The van der Waals surface area contributed by atoms with Crippen molar-refractivity contribution < 1.29 is 61.3 Å². The highest BCUT2D eigenvalue weighted by Crippen LogP contribution is 2.49. The molecule has 4 aromatic rings. The number of hydrogen-bond donors (Lipinski definition) is 0. The number of thioether (sulfide) groups is 1. The molecule has 0 saturated carbocycles. The predicted molar refractivity (Wildman–Crippen MR) is 251 cm³/mol. The van der Waals surface area contributed by atoms with Crippen LogP contribution < -0.4 is 18.9 Å². The molecule has 2 heterocycles. The highest BCUT2D eigenvalue weighted by molar-refractivity contribution is 8.14. The van der Waals surface area contributed by atoms with Crippen molar-refractivity contribution in [2.24, 2.45) is 11.8 Å². The molecular weight excluding hydrogens is 923 g/mol. The number of rotatable bonds is 20. The second-order valence-electron chi connectivity index (χ2n) is 17.0. The van der Waals surface area contributed by atoms with Crippen LogP contribution in [0, 0.1) is 11.8 Å². The second-order valence-corrected chi connectivity index (χ2v) is 20.7. The Morgan fingerprint density at radius 2 is 1.48 bits per heavy atom. The molecule has 2 saturated heterocycles. The average molecular weight is 973 g/mol. The van der Waals surface area contributed by atoms with Crippen LogP contribution in [-0.4, -0.2) is 106 Å². The summed E-state index contributed by atoms with van der Waals surface area (Å²) in [5, 5.41) is -1.20. The standard InChI is InChI=1S/C48H50BClN2O13S2/c1-29(27-66-48(45(57)65-49)28-52-42(55)37(44(52)67(48)59)23-33(53)22-30-10-8-7-9-11-30)24-51(46(58)64-47(2,3)4)43(56)40(54)36-20-21-38(62-25-31-12-16-34(60-5)17-13-31)41(39(36)50)63-26-32-14-18-35(61-6)19-15-32/h7-21,29,37,44H,22-28H2,1-6H3/t29-,37+,44?,48?,67?/m0/s1. The summed E-state index contributed by atoms with van der Waals surface area (Å²) >= 11 is 7.79. The molecular formula is C48H50BClN2O13S2. The molecule has 0 aromatic heterocycles. The number of methoxy groups -OCH3 is 2. The van der Waals surface area contributed by atoms with Gasteiger partial charge >= 0.3 is 26.0 Å². The largest absolute Gasteiger partial charge is 0.542 e. The van der Waals surface area contributed by atoms with E-state index in [1.807, 2.05) is 18.2 Å². The molecule has 6 rings (SSSR count). The van der Waals surface area contributed by atoms with E-state index in [-0.39, 0.29) is 66.2 Å². The Bertz CT molecular complexity index is 2510. The molecule has 2 aliphatic heterocycles. The number of β-lactam (4-membered cyclic amide) rings is 1. The summed E-state index contributed by atoms with van der Waals surface area (Å²) in [7, 11) is 6.37. The van der Waals surface area contributed by atoms with E-state index in [2.05, 4.69) is 4.65 Å². The van der Waals surface area contributed by atoms with Crippen molar-refractivity contribution in [3.8, 4) is 23.0 Å². The summed E-state index contributed by atoms with van der Waals surface area (Å²) in [6.07, 6.45) is -1.22. The quantitative estimate of drug-likeness (QED) is 0.0386. The fourth-order valence-electron chi connectivity index (χ4n) is 7.40. The molecule has 352 valence electrons. The van der Waals surface area contributed by atoms with Gasteiger partial charge in [-0.2, -0.15) is 0 Å². The number of nitrogens with zero attached hydrogens (tertiary/aromatic N) is 2. The highest BCUT2D eigenvalue weighted by Gasteiger charge is 2.67. The van der Waals surface area contributed by atoms with Gasteiger partial charge in [0.15, 0.2) is 11.5 Å². The lowest BCUT2D eigenvalue weighted by atomic mass is 9.90. The third-order valence-electron chi connectivity index (χ3n) is 10.8. The van der Waals surface area contributed by atoms with E-state index in [9.17, 15) is 33.0 Å². The number of benzene rings is 4. The van der Waals surface area contributed by atoms with Crippen LogP contribution in [0.4, 0.5) is 4.79 Å². The number of ether oxygens (including phenoxy) is 5. The van der Waals surface area contributed by atoms with E-state index >= 15 is 0 Å². The topological polar surface area (TPSA) is 181 Å². The maximum Gasteiger partial charge on any atom is 0.417 e. The van der Waals surface area contributed by atoms with Crippen molar-refractivity contribution in [1.82, 2.24) is 9.80 Å². The molecule has 3 unspecified atom stereocenters. The van der Waals surface area contributed by atoms with Crippen LogP contribution in [0.2, 0.25) is 5.02 Å². The van der Waals surface area contributed by atoms with Gasteiger partial charge in [0.25, 0.3) is 5.78 Å². The predicted octanol–water partition coefficient (Wildman–Crippen LogP) is 6.90. The first-order valence-corrected chi connectivity index (χ1v) is 23.7. The van der Waals surface area contributed by atoms with Crippen LogP contribution in [0.15, 0.2) is 91.0 Å². The van der Waals surface area contributed by atoms with Crippen molar-refractivity contribution in [2.75, 3.05) is 33.1 Å². The van der Waals surface area contributed by atoms with Crippen molar-refractivity contribution in [1.29, 1.82) is 0 Å². The molecule has 15 nitrogen and oxygen atoms in total. The van der Waals surface area contributed by atoms with E-state index in [1.54, 1.807) is 103 Å². The van der Waals surface area contributed by atoms with E-state index in [0.29, 0.717) is 16.4 Å². The lowest BCUT2D eigenvalue weighted by Gasteiger charge is -2.40. The van der Waals surface area contributed by atoms with Crippen molar-refractivity contribution >= 4 is 77.7 Å². The van der Waals surface area contributed by atoms with Crippen LogP contribution in [0.1, 0.15) is 61.2 Å². The monoisotopic (exact) mass is 972 g/mol. The molecule has 0 aliphatic carbocycles. The molecule has 0 N–H and O–H groups in total. The van der Waals surface area contributed by atoms with Crippen LogP contribution in [0.3, 0.4) is 0 Å². The van der Waals surface area contributed by atoms with Gasteiger partial charge in [0.05, 0.1) is 48.1 Å². The first-order chi connectivity index (χ1) is 31.9. The van der Waals surface area contributed by atoms with Crippen molar-refractivity contribution in [3.63, 3.8) is 0 Å². The lowest BCUT2D eigenvalue weighted by molar-refractivity contribution is -0.152. The number of carbonyl (C=O) groups excluding carboxylic acids is 6. The van der Waals surface area contributed by atoms with E-state index < -0.39 is 73.9 Å². The zero-order chi connectivity index (χ0) is 48.6. The van der Waals surface area contributed by atoms with Gasteiger partial charge in [-0.1, -0.05) is 73.1 Å². The van der Waals surface area contributed by atoms with E-state index in [1.165, 1.54) is 17.0 Å². The van der Waals surface area contributed by atoms with Crippen LogP contribution in [0.25, 0.3) is 0 Å². The van der Waals surface area contributed by atoms with E-state index in [4.69, 9.17) is 43.3 Å². The van der Waals surface area contributed by atoms with Gasteiger partial charge in [0, 0.05) is 19.4 Å². The Kier molecular flexibility index (Phi) is 16.5. The third kappa shape index (κ3) is 11.8. The van der Waals surface area contributed by atoms with Gasteiger partial charge in [-0.15, -0.1) is 11.8 Å². The number of imide groups is 1. The first kappa shape index (κ1) is 50.6. The minimum Gasteiger partial charge on any atom is -0.542 e. The second kappa shape index (κ2) is 21.8. The summed E-state index contributed by atoms with van der Waals surface area (Å²) in [6, 6.07) is 26.0. The summed E-state index contributed by atoms with van der Waals surface area (Å²) in [6.45, 7) is 5.76. The Labute approximate surface area is 402 Å². The molecule has 0 bridgehead atoms. The normalized spacial score (nSPS) is 19.0. The molecule has 2 radical (unpaired) electrons. The zero-order valence-electron chi connectivity index (χ0n) is 37.8. The number of fused-ring (bicyclic) bond motifs is 1. The molecule has 2 aliphatic rings. The molecule has 4 aromatic carbocycles. The molecule has 3 amide bonds. The Hall–Kier alpha value is -5.85. The fourth-order valence-corrected chi connectivity index (χ4v) is 11.5. The molecule has 19 heteroatoms. The lowest BCUT2D eigenvalue weighted by Crippen LogP contribution is -2.59. The smallest absolute Gasteiger partial charge is 0.417 e. The van der Waals surface area contributed by atoms with E-state index in [0.717, 1.165) is 28.5 Å². The zero-order valence-corrected chi connectivity index (χ0v) is 40.2. The van der Waals surface area contributed by atoms with Gasteiger partial charge < -0.3 is 33.2 Å². The first-order valence-electron chi connectivity index (χ1n) is 21.1. The molecule has 5 atom stereocenters. The van der Waals surface area contributed by atoms with Gasteiger partial charge in [0.1, 0.15) is 41.5 Å². The van der Waals surface area contributed by atoms with Crippen LogP contribution in [0.5, 0.6) is 23.0 Å². The third-order valence-corrected chi connectivity index (χ3v) is 15.5. The van der Waals surface area contributed by atoms with Gasteiger partial charge in [0.2, 0.25) is 9.99 Å². The molecule has 67 heavy (non-hydrogen) atoms. The van der Waals surface area contributed by atoms with Crippen LogP contribution in [-0.2, 0) is 59.0 Å². The highest BCUT2D eigenvalue weighted by atomic mass is 35.5. The van der Waals surface area contributed by atoms with Crippen molar-refractivity contribution in [3.05, 3.63) is 118 Å². The molecule has 0 spiro atoms. The minimum absolute atomic E-state index is 0.0168. The molecule has 2 fully saturated rings. The number of halogens is 1. The SMILES string of the molecule is [B]OC(=O)C1(SC[C@@H](C)CN(C(=O)OC(C)(C)C)C(=O)C(=O)c2ccc(OCc3ccc(OC)cc3)c(OCc3ccc(OC)cc3)c2Cl)CN2C(=O)[C@@H](CC(=O)Cc3ccccc3)C2S1=O. The Balaban J connectivity index is 1.21. The summed E-state index contributed by atoms with van der Waals surface area (Å²) < 4.78 is 45.3. The number of carbonyl (C=O) groups is 6.